The SMILES string of the molecule is O=C1Oc2ccccc2C2Sc3cncnc3C12. The fraction of sp³-hybridized carbons (Fsp3) is 0.154. The molecule has 0 amide bonds. The number of thioether (sulfide) groups is 1. The first kappa shape index (κ1) is 10.1. The maximum absolute atomic E-state index is 12.1. The van der Waals surface area contributed by atoms with Crippen molar-refractivity contribution in [3.8, 4) is 5.75 Å². The molecule has 2 aliphatic heterocycles. The van der Waals surface area contributed by atoms with Crippen LogP contribution in [0.15, 0.2) is 41.7 Å². The molecule has 0 fully saturated rings. The molecule has 0 saturated carbocycles. The van der Waals surface area contributed by atoms with Crippen LogP contribution in [0.5, 0.6) is 5.75 Å². The van der Waals surface area contributed by atoms with Crippen molar-refractivity contribution in [1.82, 2.24) is 9.97 Å². The Morgan fingerprint density at radius 1 is 1.28 bits per heavy atom. The van der Waals surface area contributed by atoms with Crippen molar-refractivity contribution in [2.24, 2.45) is 0 Å². The summed E-state index contributed by atoms with van der Waals surface area (Å²) in [6.45, 7) is 0. The number of carbonyl (C=O) groups is 1. The summed E-state index contributed by atoms with van der Waals surface area (Å²) in [5, 5.41) is 0.0640. The molecule has 2 aliphatic rings. The second kappa shape index (κ2) is 3.55. The van der Waals surface area contributed by atoms with Crippen LogP contribution < -0.4 is 4.74 Å². The van der Waals surface area contributed by atoms with Gasteiger partial charge in [-0.25, -0.2) is 9.97 Å². The Hall–Kier alpha value is -1.88. The summed E-state index contributed by atoms with van der Waals surface area (Å²) >= 11 is 1.64. The van der Waals surface area contributed by atoms with Gasteiger partial charge in [0.05, 0.1) is 10.9 Å². The summed E-state index contributed by atoms with van der Waals surface area (Å²) in [5.41, 5.74) is 1.85. The Kier molecular flexibility index (Phi) is 1.99. The smallest absolute Gasteiger partial charge is 0.321 e. The average Bonchev–Trinajstić information content (AvgIpc) is 2.79. The Morgan fingerprint density at radius 3 is 3.11 bits per heavy atom. The van der Waals surface area contributed by atoms with E-state index in [0.29, 0.717) is 5.75 Å². The van der Waals surface area contributed by atoms with Gasteiger partial charge in [-0.2, -0.15) is 0 Å². The number of hydrogen-bond donors (Lipinski definition) is 0. The van der Waals surface area contributed by atoms with Crippen LogP contribution in [0.1, 0.15) is 22.4 Å². The van der Waals surface area contributed by atoms with Gasteiger partial charge in [-0.05, 0) is 6.07 Å². The van der Waals surface area contributed by atoms with E-state index in [2.05, 4.69) is 9.97 Å². The van der Waals surface area contributed by atoms with E-state index in [-0.39, 0.29) is 17.1 Å². The van der Waals surface area contributed by atoms with Crippen LogP contribution in [0.3, 0.4) is 0 Å². The van der Waals surface area contributed by atoms with Gasteiger partial charge in [0.2, 0.25) is 0 Å². The molecule has 0 aliphatic carbocycles. The van der Waals surface area contributed by atoms with E-state index in [4.69, 9.17) is 4.74 Å². The van der Waals surface area contributed by atoms with Crippen molar-refractivity contribution in [1.29, 1.82) is 0 Å². The Labute approximate surface area is 107 Å². The van der Waals surface area contributed by atoms with E-state index in [1.165, 1.54) is 6.33 Å². The van der Waals surface area contributed by atoms with Gasteiger partial charge in [-0.15, -0.1) is 11.8 Å². The van der Waals surface area contributed by atoms with Crippen molar-refractivity contribution < 1.29 is 9.53 Å². The molecule has 0 spiro atoms. The number of esters is 1. The first-order chi connectivity index (χ1) is 8.84. The molecule has 0 saturated heterocycles. The van der Waals surface area contributed by atoms with Gasteiger partial charge in [-0.3, -0.25) is 4.79 Å². The summed E-state index contributed by atoms with van der Waals surface area (Å²) in [5.74, 6) is 0.142. The molecular formula is C13H8N2O2S. The van der Waals surface area contributed by atoms with Crippen molar-refractivity contribution in [3.05, 3.63) is 48.0 Å². The second-order valence-corrected chi connectivity index (χ2v) is 5.43. The van der Waals surface area contributed by atoms with Crippen molar-refractivity contribution >= 4 is 17.7 Å². The monoisotopic (exact) mass is 256 g/mol. The molecular weight excluding hydrogens is 248 g/mol. The maximum atomic E-state index is 12.1. The van der Waals surface area contributed by atoms with Crippen LogP contribution in [0.25, 0.3) is 0 Å². The Morgan fingerprint density at radius 2 is 2.17 bits per heavy atom. The van der Waals surface area contributed by atoms with E-state index in [0.717, 1.165) is 16.2 Å². The third-order valence-electron chi connectivity index (χ3n) is 3.25. The van der Waals surface area contributed by atoms with Gasteiger partial charge in [0.25, 0.3) is 0 Å². The van der Waals surface area contributed by atoms with Gasteiger partial charge in [0.15, 0.2) is 0 Å². The molecule has 2 unspecified atom stereocenters. The number of para-hydroxylation sites is 1. The number of hydrogen-bond acceptors (Lipinski definition) is 5. The molecule has 1 aromatic carbocycles. The summed E-state index contributed by atoms with van der Waals surface area (Å²) in [6, 6.07) is 7.67. The lowest BCUT2D eigenvalue weighted by Gasteiger charge is -2.25. The molecule has 88 valence electrons. The largest absolute Gasteiger partial charge is 0.426 e. The summed E-state index contributed by atoms with van der Waals surface area (Å²) < 4.78 is 5.39. The summed E-state index contributed by atoms with van der Waals surface area (Å²) in [7, 11) is 0. The standard InChI is InChI=1S/C13H8N2O2S/c16-13-10-11-9(5-14-6-15-11)18-12(10)7-3-1-2-4-8(7)17-13/h1-6,10,12H. The quantitative estimate of drug-likeness (QED) is 0.535. The number of aromatic nitrogens is 2. The Balaban J connectivity index is 1.91. The predicted molar refractivity (Wildman–Crippen MR) is 65.4 cm³/mol. The average molecular weight is 256 g/mol. The fourth-order valence-corrected chi connectivity index (χ4v) is 3.85. The third kappa shape index (κ3) is 1.25. The minimum atomic E-state index is -0.303. The zero-order chi connectivity index (χ0) is 12.1. The van der Waals surface area contributed by atoms with Crippen LogP contribution in [0, 0.1) is 0 Å². The first-order valence-corrected chi connectivity index (χ1v) is 6.50. The molecule has 4 rings (SSSR count). The number of benzene rings is 1. The molecule has 4 nitrogen and oxygen atoms in total. The van der Waals surface area contributed by atoms with Crippen LogP contribution in [0.2, 0.25) is 0 Å². The highest BCUT2D eigenvalue weighted by Crippen LogP contribution is 2.57. The first-order valence-electron chi connectivity index (χ1n) is 5.62. The topological polar surface area (TPSA) is 52.1 Å². The molecule has 2 aromatic rings. The second-order valence-electron chi connectivity index (χ2n) is 4.25. The number of fused-ring (bicyclic) bond motifs is 5. The van der Waals surface area contributed by atoms with Crippen molar-refractivity contribution in [2.45, 2.75) is 16.1 Å². The van der Waals surface area contributed by atoms with Crippen LogP contribution in [-0.2, 0) is 4.79 Å². The molecule has 2 atom stereocenters. The number of nitrogens with zero attached hydrogens (tertiary/aromatic N) is 2. The number of ether oxygens (including phenoxy) is 1. The third-order valence-corrected chi connectivity index (χ3v) is 4.60. The Bertz CT molecular complexity index is 659. The zero-order valence-corrected chi connectivity index (χ0v) is 10.1. The molecule has 1 aromatic heterocycles. The maximum Gasteiger partial charge on any atom is 0.321 e. The van der Waals surface area contributed by atoms with E-state index in [9.17, 15) is 4.79 Å². The predicted octanol–water partition coefficient (Wildman–Crippen LogP) is 2.33. The highest BCUT2D eigenvalue weighted by Gasteiger charge is 2.46. The number of rotatable bonds is 0. The van der Waals surface area contributed by atoms with Crippen molar-refractivity contribution in [3.63, 3.8) is 0 Å². The van der Waals surface area contributed by atoms with Gasteiger partial charge < -0.3 is 4.74 Å². The summed E-state index contributed by atoms with van der Waals surface area (Å²) in [6.07, 6.45) is 3.25. The van der Waals surface area contributed by atoms with E-state index in [1.54, 1.807) is 18.0 Å². The lowest BCUT2D eigenvalue weighted by Crippen LogP contribution is -2.26. The summed E-state index contributed by atoms with van der Waals surface area (Å²) in [4.78, 5) is 21.3. The highest BCUT2D eigenvalue weighted by atomic mass is 32.2. The van der Waals surface area contributed by atoms with Crippen LogP contribution in [0.4, 0.5) is 0 Å². The minimum Gasteiger partial charge on any atom is -0.426 e. The lowest BCUT2D eigenvalue weighted by atomic mass is 9.93. The van der Waals surface area contributed by atoms with Crippen LogP contribution >= 0.6 is 11.8 Å². The van der Waals surface area contributed by atoms with Crippen molar-refractivity contribution in [2.75, 3.05) is 0 Å². The molecule has 0 bridgehead atoms. The van der Waals surface area contributed by atoms with E-state index in [1.807, 2.05) is 24.3 Å². The molecule has 0 N–H and O–H groups in total. The van der Waals surface area contributed by atoms with Gasteiger partial charge in [0.1, 0.15) is 18.0 Å². The molecule has 3 heterocycles. The fourth-order valence-electron chi connectivity index (χ4n) is 2.46. The van der Waals surface area contributed by atoms with Crippen LogP contribution in [-0.4, -0.2) is 15.9 Å². The van der Waals surface area contributed by atoms with E-state index >= 15 is 0 Å². The zero-order valence-electron chi connectivity index (χ0n) is 9.24. The van der Waals surface area contributed by atoms with E-state index < -0.39 is 0 Å². The highest BCUT2D eigenvalue weighted by molar-refractivity contribution is 8.00. The molecule has 0 radical (unpaired) electrons. The normalized spacial score (nSPS) is 23.9. The molecule has 18 heavy (non-hydrogen) atoms. The van der Waals surface area contributed by atoms with Gasteiger partial charge in [0, 0.05) is 16.7 Å². The lowest BCUT2D eigenvalue weighted by molar-refractivity contribution is -0.137. The minimum absolute atomic E-state index is 0.0640. The molecule has 5 heteroatoms. The number of carbonyl (C=O) groups excluding carboxylic acids is 1. The van der Waals surface area contributed by atoms with Gasteiger partial charge >= 0.3 is 5.97 Å². The van der Waals surface area contributed by atoms with Gasteiger partial charge in [-0.1, -0.05) is 18.2 Å².